The average Bonchev–Trinajstić information content (AvgIpc) is 2.64. The summed E-state index contributed by atoms with van der Waals surface area (Å²) in [6.45, 7) is 3.39. The zero-order valence-corrected chi connectivity index (χ0v) is 8.53. The SMILES string of the molecule is CCc1nc(NC(C)=O)c2[nH]cnc2n1. The second-order valence-electron chi connectivity index (χ2n) is 3.12. The van der Waals surface area contributed by atoms with Crippen LogP contribution in [0.3, 0.4) is 0 Å². The molecule has 0 aliphatic carbocycles. The molecule has 2 aromatic heterocycles. The maximum absolute atomic E-state index is 11.0. The molecule has 6 nitrogen and oxygen atoms in total. The first kappa shape index (κ1) is 9.57. The Kier molecular flexibility index (Phi) is 2.32. The van der Waals surface area contributed by atoms with Crippen LogP contribution in [0.4, 0.5) is 5.82 Å². The van der Waals surface area contributed by atoms with Gasteiger partial charge in [0, 0.05) is 13.3 Å². The average molecular weight is 205 g/mol. The molecule has 0 radical (unpaired) electrons. The van der Waals surface area contributed by atoms with Gasteiger partial charge in [-0.2, -0.15) is 0 Å². The van der Waals surface area contributed by atoms with Crippen molar-refractivity contribution < 1.29 is 4.79 Å². The lowest BCUT2D eigenvalue weighted by molar-refractivity contribution is -0.114. The predicted octanol–water partition coefficient (Wildman–Crippen LogP) is 0.874. The van der Waals surface area contributed by atoms with Crippen molar-refractivity contribution in [3.8, 4) is 0 Å². The Morgan fingerprint density at radius 1 is 1.53 bits per heavy atom. The first-order valence-electron chi connectivity index (χ1n) is 4.68. The van der Waals surface area contributed by atoms with Gasteiger partial charge in [0.05, 0.1) is 6.33 Å². The molecule has 2 aromatic rings. The number of amides is 1. The fraction of sp³-hybridized carbons (Fsp3) is 0.333. The van der Waals surface area contributed by atoms with E-state index >= 15 is 0 Å². The van der Waals surface area contributed by atoms with E-state index in [4.69, 9.17) is 0 Å². The second-order valence-corrected chi connectivity index (χ2v) is 3.12. The van der Waals surface area contributed by atoms with Gasteiger partial charge in [0.25, 0.3) is 0 Å². The van der Waals surface area contributed by atoms with Crippen LogP contribution in [0.1, 0.15) is 19.7 Å². The van der Waals surface area contributed by atoms with Gasteiger partial charge in [-0.3, -0.25) is 4.79 Å². The van der Waals surface area contributed by atoms with Gasteiger partial charge in [0.2, 0.25) is 5.91 Å². The highest BCUT2D eigenvalue weighted by Crippen LogP contribution is 2.16. The largest absolute Gasteiger partial charge is 0.340 e. The van der Waals surface area contributed by atoms with Crippen LogP contribution in [0.15, 0.2) is 6.33 Å². The smallest absolute Gasteiger partial charge is 0.222 e. The molecule has 1 amide bonds. The highest BCUT2D eigenvalue weighted by atomic mass is 16.1. The molecule has 0 spiro atoms. The predicted molar refractivity (Wildman–Crippen MR) is 55.4 cm³/mol. The molecule has 6 heteroatoms. The van der Waals surface area contributed by atoms with Crippen molar-refractivity contribution in [3.63, 3.8) is 0 Å². The summed E-state index contributed by atoms with van der Waals surface area (Å²) in [4.78, 5) is 26.3. The van der Waals surface area contributed by atoms with E-state index in [0.29, 0.717) is 29.2 Å². The molecule has 0 atom stereocenters. The molecule has 0 saturated carbocycles. The van der Waals surface area contributed by atoms with Gasteiger partial charge in [-0.05, 0) is 0 Å². The molecule has 78 valence electrons. The van der Waals surface area contributed by atoms with E-state index in [-0.39, 0.29) is 5.91 Å². The summed E-state index contributed by atoms with van der Waals surface area (Å²) in [6.07, 6.45) is 2.24. The van der Waals surface area contributed by atoms with Crippen LogP contribution in [0.2, 0.25) is 0 Å². The Morgan fingerprint density at radius 3 is 3.00 bits per heavy atom. The monoisotopic (exact) mass is 205 g/mol. The van der Waals surface area contributed by atoms with E-state index in [1.807, 2.05) is 6.92 Å². The number of carbonyl (C=O) groups excluding carboxylic acids is 1. The second kappa shape index (κ2) is 3.64. The number of aryl methyl sites for hydroxylation is 1. The van der Waals surface area contributed by atoms with Gasteiger partial charge in [0.15, 0.2) is 11.5 Å². The van der Waals surface area contributed by atoms with Crippen LogP contribution in [0.5, 0.6) is 0 Å². The lowest BCUT2D eigenvalue weighted by atomic mass is 10.4. The number of aromatic amines is 1. The molecular formula is C9H11N5O. The van der Waals surface area contributed by atoms with E-state index in [1.54, 1.807) is 0 Å². The summed E-state index contributed by atoms with van der Waals surface area (Å²) in [5, 5.41) is 2.65. The molecule has 15 heavy (non-hydrogen) atoms. The van der Waals surface area contributed by atoms with Crippen LogP contribution in [-0.2, 0) is 11.2 Å². The first-order valence-corrected chi connectivity index (χ1v) is 4.68. The van der Waals surface area contributed by atoms with Gasteiger partial charge in [-0.15, -0.1) is 0 Å². The number of nitrogens with zero attached hydrogens (tertiary/aromatic N) is 3. The summed E-state index contributed by atoms with van der Waals surface area (Å²) >= 11 is 0. The Balaban J connectivity index is 2.57. The Bertz CT molecular complexity index is 504. The van der Waals surface area contributed by atoms with Crippen LogP contribution in [-0.4, -0.2) is 25.8 Å². The minimum absolute atomic E-state index is 0.161. The molecular weight excluding hydrogens is 194 g/mol. The molecule has 2 N–H and O–H groups in total. The number of hydrogen-bond donors (Lipinski definition) is 2. The van der Waals surface area contributed by atoms with Crippen molar-refractivity contribution in [2.24, 2.45) is 0 Å². The quantitative estimate of drug-likeness (QED) is 0.762. The van der Waals surface area contributed by atoms with Crippen molar-refractivity contribution in [2.45, 2.75) is 20.3 Å². The molecule has 0 aliphatic rings. The summed E-state index contributed by atoms with van der Waals surface area (Å²) in [7, 11) is 0. The summed E-state index contributed by atoms with van der Waals surface area (Å²) in [5.74, 6) is 0.992. The van der Waals surface area contributed by atoms with Gasteiger partial charge in [0.1, 0.15) is 11.3 Å². The van der Waals surface area contributed by atoms with Crippen LogP contribution in [0, 0.1) is 0 Å². The highest BCUT2D eigenvalue weighted by Gasteiger charge is 2.09. The van der Waals surface area contributed by atoms with E-state index < -0.39 is 0 Å². The lowest BCUT2D eigenvalue weighted by Crippen LogP contribution is -2.10. The normalized spacial score (nSPS) is 10.5. The van der Waals surface area contributed by atoms with Gasteiger partial charge in [-0.25, -0.2) is 15.0 Å². The van der Waals surface area contributed by atoms with Crippen molar-refractivity contribution in [1.82, 2.24) is 19.9 Å². The van der Waals surface area contributed by atoms with Gasteiger partial charge < -0.3 is 10.3 Å². The standard InChI is InChI=1S/C9H11N5O/c1-3-6-13-8-7(10-4-11-8)9(14-6)12-5(2)15/h4H,3H2,1-2H3,(H2,10,11,12,13,14,15). The minimum atomic E-state index is -0.161. The number of imidazole rings is 1. The van der Waals surface area contributed by atoms with Gasteiger partial charge in [-0.1, -0.05) is 6.92 Å². The Morgan fingerprint density at radius 2 is 2.33 bits per heavy atom. The number of aromatic nitrogens is 4. The fourth-order valence-corrected chi connectivity index (χ4v) is 1.29. The number of nitrogens with one attached hydrogen (secondary N) is 2. The molecule has 0 bridgehead atoms. The summed E-state index contributed by atoms with van der Waals surface area (Å²) < 4.78 is 0. The van der Waals surface area contributed by atoms with Crippen molar-refractivity contribution in [3.05, 3.63) is 12.2 Å². The molecule has 0 unspecified atom stereocenters. The maximum atomic E-state index is 11.0. The summed E-state index contributed by atoms with van der Waals surface area (Å²) in [6, 6.07) is 0. The Labute approximate surface area is 86.2 Å². The number of carbonyl (C=O) groups is 1. The molecule has 0 aromatic carbocycles. The minimum Gasteiger partial charge on any atom is -0.340 e. The zero-order valence-electron chi connectivity index (χ0n) is 8.53. The number of hydrogen-bond acceptors (Lipinski definition) is 4. The molecule has 0 saturated heterocycles. The van der Waals surface area contributed by atoms with Crippen LogP contribution >= 0.6 is 0 Å². The third-order valence-corrected chi connectivity index (χ3v) is 1.94. The van der Waals surface area contributed by atoms with Crippen molar-refractivity contribution in [1.29, 1.82) is 0 Å². The topological polar surface area (TPSA) is 83.6 Å². The van der Waals surface area contributed by atoms with E-state index in [2.05, 4.69) is 25.3 Å². The van der Waals surface area contributed by atoms with E-state index in [1.165, 1.54) is 13.3 Å². The first-order chi connectivity index (χ1) is 7.20. The summed E-state index contributed by atoms with van der Waals surface area (Å²) in [5.41, 5.74) is 1.23. The third kappa shape index (κ3) is 1.78. The Hall–Kier alpha value is -1.98. The molecule has 2 rings (SSSR count). The number of rotatable bonds is 2. The van der Waals surface area contributed by atoms with Gasteiger partial charge >= 0.3 is 0 Å². The molecule has 0 fully saturated rings. The zero-order chi connectivity index (χ0) is 10.8. The molecule has 0 aliphatic heterocycles. The number of H-pyrrole nitrogens is 1. The van der Waals surface area contributed by atoms with Crippen molar-refractivity contribution in [2.75, 3.05) is 5.32 Å². The fourth-order valence-electron chi connectivity index (χ4n) is 1.29. The number of anilines is 1. The van der Waals surface area contributed by atoms with E-state index in [9.17, 15) is 4.79 Å². The van der Waals surface area contributed by atoms with Crippen molar-refractivity contribution >= 4 is 22.9 Å². The highest BCUT2D eigenvalue weighted by molar-refractivity contribution is 5.95. The molecule has 2 heterocycles. The lowest BCUT2D eigenvalue weighted by Gasteiger charge is -2.03. The maximum Gasteiger partial charge on any atom is 0.222 e. The third-order valence-electron chi connectivity index (χ3n) is 1.94. The van der Waals surface area contributed by atoms with Crippen LogP contribution < -0.4 is 5.32 Å². The van der Waals surface area contributed by atoms with Crippen LogP contribution in [0.25, 0.3) is 11.2 Å². The number of fused-ring (bicyclic) bond motifs is 1. The van der Waals surface area contributed by atoms with E-state index in [0.717, 1.165) is 0 Å².